The second-order valence-electron chi connectivity index (χ2n) is 7.09. The van der Waals surface area contributed by atoms with E-state index in [4.69, 9.17) is 23.8 Å². The Hall–Kier alpha value is -2.58. The Bertz CT molecular complexity index is 1240. The summed E-state index contributed by atoms with van der Waals surface area (Å²) < 4.78 is 0.372. The maximum Gasteiger partial charge on any atom is 0.266 e. The number of nitrogens with zero attached hydrogens (tertiary/aromatic N) is 2. The lowest BCUT2D eigenvalue weighted by Gasteiger charge is -2.32. The first-order valence-corrected chi connectivity index (χ1v) is 12.1. The third kappa shape index (κ3) is 3.97. The van der Waals surface area contributed by atoms with E-state index in [-0.39, 0.29) is 18.4 Å². The van der Waals surface area contributed by atoms with Crippen molar-refractivity contribution in [3.63, 3.8) is 0 Å². The van der Waals surface area contributed by atoms with Gasteiger partial charge in [-0.3, -0.25) is 19.4 Å². The van der Waals surface area contributed by atoms with E-state index in [2.05, 4.69) is 0 Å². The molecular weight excluding hydrogens is 480 g/mol. The second kappa shape index (κ2) is 8.75. The van der Waals surface area contributed by atoms with Gasteiger partial charge in [0.1, 0.15) is 10.9 Å². The molecule has 158 valence electrons. The number of carbonyl (C=O) groups excluding carboxylic acids is 2. The summed E-state index contributed by atoms with van der Waals surface area (Å²) in [5.74, 6) is -0.481. The molecule has 3 aromatic rings. The second-order valence-corrected chi connectivity index (χ2v) is 10.3. The molecule has 0 aliphatic carbocycles. The largest absolute Gasteiger partial charge is 0.283 e. The van der Waals surface area contributed by atoms with Gasteiger partial charge in [0.2, 0.25) is 0 Å². The highest BCUT2D eigenvalue weighted by Gasteiger charge is 2.36. The van der Waals surface area contributed by atoms with E-state index >= 15 is 0 Å². The highest BCUT2D eigenvalue weighted by Crippen LogP contribution is 2.48. The first kappa shape index (κ1) is 21.3. The van der Waals surface area contributed by atoms with Gasteiger partial charge in [0.25, 0.3) is 11.8 Å². The molecule has 5 rings (SSSR count). The molecule has 1 fully saturated rings. The number of thiocarbonyl (C=S) groups is 1. The van der Waals surface area contributed by atoms with Crippen molar-refractivity contribution in [2.45, 2.75) is 9.79 Å². The number of thioether (sulfide) groups is 1. The number of hydrogen-bond acceptors (Lipinski definition) is 5. The fourth-order valence-corrected chi connectivity index (χ4v) is 5.96. The molecule has 2 amide bonds. The molecule has 0 unspecified atom stereocenters. The van der Waals surface area contributed by atoms with Crippen LogP contribution in [0.25, 0.3) is 6.08 Å². The maximum atomic E-state index is 13.5. The summed E-state index contributed by atoms with van der Waals surface area (Å²) in [6.45, 7) is -0.129. The molecule has 0 bridgehead atoms. The molecule has 2 aliphatic rings. The molecule has 2 aliphatic heterocycles. The lowest BCUT2D eigenvalue weighted by Crippen LogP contribution is -2.41. The first-order valence-electron chi connectivity index (χ1n) is 9.71. The predicted octanol–water partition coefficient (Wildman–Crippen LogP) is 6.37. The number of anilines is 2. The number of carbonyl (C=O) groups is 2. The van der Waals surface area contributed by atoms with Gasteiger partial charge in [0.05, 0.1) is 16.3 Å². The molecule has 0 spiro atoms. The minimum atomic E-state index is -0.267. The van der Waals surface area contributed by atoms with E-state index in [1.165, 1.54) is 16.7 Å². The zero-order valence-electron chi connectivity index (χ0n) is 16.5. The zero-order valence-corrected chi connectivity index (χ0v) is 19.7. The van der Waals surface area contributed by atoms with Gasteiger partial charge in [-0.15, -0.1) is 0 Å². The van der Waals surface area contributed by atoms with Crippen molar-refractivity contribution in [2.75, 3.05) is 11.4 Å². The van der Waals surface area contributed by atoms with Crippen molar-refractivity contribution in [3.8, 4) is 0 Å². The summed E-state index contributed by atoms with van der Waals surface area (Å²) in [5, 5.41) is 0.626. The van der Waals surface area contributed by atoms with Crippen LogP contribution in [0.15, 0.2) is 87.5 Å². The van der Waals surface area contributed by atoms with E-state index in [0.29, 0.717) is 14.2 Å². The van der Waals surface area contributed by atoms with Crippen LogP contribution < -0.4 is 4.90 Å². The van der Waals surface area contributed by atoms with Crippen LogP contribution >= 0.6 is 47.3 Å². The summed E-state index contributed by atoms with van der Waals surface area (Å²) in [4.78, 5) is 32.1. The SMILES string of the molecule is O=C1/C(=C/c2ccc(Cl)cc2)SC(=S)N1CC(=O)N1c2ccccc2Sc2ccccc21. The Balaban J connectivity index is 1.43. The van der Waals surface area contributed by atoms with Crippen molar-refractivity contribution < 1.29 is 9.59 Å². The Labute approximate surface area is 204 Å². The van der Waals surface area contributed by atoms with Gasteiger partial charge >= 0.3 is 0 Å². The van der Waals surface area contributed by atoms with Crippen LogP contribution in [0.1, 0.15) is 5.56 Å². The van der Waals surface area contributed by atoms with Gasteiger partial charge in [0.15, 0.2) is 0 Å². The average molecular weight is 495 g/mol. The minimum Gasteiger partial charge on any atom is -0.283 e. The maximum absolute atomic E-state index is 13.5. The summed E-state index contributed by atoms with van der Waals surface area (Å²) in [6.07, 6.45) is 1.77. The van der Waals surface area contributed by atoms with E-state index in [1.807, 2.05) is 60.7 Å². The van der Waals surface area contributed by atoms with E-state index < -0.39 is 0 Å². The van der Waals surface area contributed by atoms with Crippen LogP contribution in [0, 0.1) is 0 Å². The number of benzene rings is 3. The normalized spacial score (nSPS) is 16.3. The van der Waals surface area contributed by atoms with Crippen LogP contribution in [0.4, 0.5) is 11.4 Å². The summed E-state index contributed by atoms with van der Waals surface area (Å²) in [5.41, 5.74) is 2.46. The molecule has 0 saturated carbocycles. The highest BCUT2D eigenvalue weighted by atomic mass is 35.5. The molecule has 4 nitrogen and oxygen atoms in total. The standard InChI is InChI=1S/C24H15ClN2O2S3/c25-16-11-9-15(10-12-16)13-21-23(29)26(24(30)32-21)14-22(28)27-17-5-1-3-7-19(17)31-20-8-4-2-6-18(20)27/h1-13H,14H2/b21-13-. The predicted molar refractivity (Wildman–Crippen MR) is 135 cm³/mol. The minimum absolute atomic E-state index is 0.129. The molecule has 0 N–H and O–H groups in total. The van der Waals surface area contributed by atoms with Crippen molar-refractivity contribution >= 4 is 80.9 Å². The highest BCUT2D eigenvalue weighted by molar-refractivity contribution is 8.26. The van der Waals surface area contributed by atoms with E-state index in [9.17, 15) is 9.59 Å². The number of fused-ring (bicyclic) bond motifs is 2. The van der Waals surface area contributed by atoms with Crippen LogP contribution in [0.2, 0.25) is 5.02 Å². The monoisotopic (exact) mass is 494 g/mol. The third-order valence-corrected chi connectivity index (χ3v) is 7.78. The van der Waals surface area contributed by atoms with Crippen molar-refractivity contribution in [1.29, 1.82) is 0 Å². The van der Waals surface area contributed by atoms with Crippen LogP contribution in [-0.4, -0.2) is 27.6 Å². The molecule has 0 atom stereocenters. The molecular formula is C24H15ClN2O2S3. The van der Waals surface area contributed by atoms with Gasteiger partial charge in [-0.2, -0.15) is 0 Å². The average Bonchev–Trinajstić information content (AvgIpc) is 3.06. The van der Waals surface area contributed by atoms with Crippen molar-refractivity contribution in [1.82, 2.24) is 4.90 Å². The Kier molecular flexibility index (Phi) is 5.82. The summed E-state index contributed by atoms with van der Waals surface area (Å²) in [6, 6.07) is 22.7. The number of rotatable bonds is 3. The van der Waals surface area contributed by atoms with Crippen LogP contribution in [0.5, 0.6) is 0 Å². The molecule has 2 heterocycles. The fourth-order valence-electron chi connectivity index (χ4n) is 3.53. The summed E-state index contributed by atoms with van der Waals surface area (Å²) in [7, 11) is 0. The third-order valence-electron chi connectivity index (χ3n) is 5.02. The van der Waals surface area contributed by atoms with Crippen molar-refractivity contribution in [2.24, 2.45) is 0 Å². The lowest BCUT2D eigenvalue weighted by atomic mass is 10.2. The number of hydrogen-bond donors (Lipinski definition) is 0. The number of halogens is 1. The quantitative estimate of drug-likeness (QED) is 0.312. The molecule has 3 aromatic carbocycles. The lowest BCUT2D eigenvalue weighted by molar-refractivity contribution is -0.127. The van der Waals surface area contributed by atoms with Gasteiger partial charge in [-0.05, 0) is 48.0 Å². The zero-order chi connectivity index (χ0) is 22.2. The Morgan fingerprint density at radius 3 is 2.12 bits per heavy atom. The van der Waals surface area contributed by atoms with E-state index in [0.717, 1.165) is 26.7 Å². The topological polar surface area (TPSA) is 40.6 Å². The van der Waals surface area contributed by atoms with Gasteiger partial charge in [-0.25, -0.2) is 0 Å². The fraction of sp³-hybridized carbons (Fsp3) is 0.0417. The van der Waals surface area contributed by atoms with Crippen LogP contribution in [0.3, 0.4) is 0 Å². The van der Waals surface area contributed by atoms with Crippen molar-refractivity contribution in [3.05, 3.63) is 88.3 Å². The van der Waals surface area contributed by atoms with Gasteiger partial charge in [0, 0.05) is 14.8 Å². The molecule has 8 heteroatoms. The molecule has 0 radical (unpaired) electrons. The first-order chi connectivity index (χ1) is 15.5. The summed E-state index contributed by atoms with van der Waals surface area (Å²) >= 11 is 14.2. The van der Waals surface area contributed by atoms with Crippen LogP contribution in [-0.2, 0) is 9.59 Å². The smallest absolute Gasteiger partial charge is 0.266 e. The Morgan fingerprint density at radius 1 is 0.906 bits per heavy atom. The van der Waals surface area contributed by atoms with Gasteiger partial charge < -0.3 is 0 Å². The number of para-hydroxylation sites is 2. The Morgan fingerprint density at radius 2 is 1.50 bits per heavy atom. The molecule has 1 saturated heterocycles. The molecule has 0 aromatic heterocycles. The molecule has 32 heavy (non-hydrogen) atoms. The van der Waals surface area contributed by atoms with E-state index in [1.54, 1.807) is 34.9 Å². The van der Waals surface area contributed by atoms with Gasteiger partial charge in [-0.1, -0.05) is 83.7 Å². The number of amides is 2.